The minimum Gasteiger partial charge on any atom is -0.498 e. The molecule has 9 atom stereocenters. The minimum absolute atomic E-state index is 0.00378. The van der Waals surface area contributed by atoms with Crippen molar-refractivity contribution in [3.8, 4) is 11.5 Å². The maximum absolute atomic E-state index is 14.9. The lowest BCUT2D eigenvalue weighted by Gasteiger charge is -2.59. The Hall–Kier alpha value is -6.07. The van der Waals surface area contributed by atoms with Gasteiger partial charge in [-0.25, -0.2) is 9.89 Å². The van der Waals surface area contributed by atoms with Gasteiger partial charge in [-0.15, -0.1) is 0 Å². The molecular weight excluding hydrogens is 851 g/mol. The molecule has 3 aromatic rings. The zero-order chi connectivity index (χ0) is 45.9. The van der Waals surface area contributed by atoms with Gasteiger partial charge in [0.1, 0.15) is 43.0 Å². The van der Waals surface area contributed by atoms with E-state index in [-0.39, 0.29) is 71.0 Å². The zero-order valence-corrected chi connectivity index (χ0v) is 34.6. The molecule has 20 heteroatoms. The standard InChI is InChI=1S/C45H45N5O15/c46-43-48-39-34(40(58)49-43)47-20-50(39)30-4-2-1-3-26(30)32-22(8-11-51)17-62-19-31-44(60)10-7-23(16-54)45(61,41(44)59)42(64-31)65-37-29(32)14-28-33(38(37)63-18-24(55)9-12-52)36(57)27-13-21(15-53)5-6-25(27)35(28)56/h1-6,12-14,17,23-24,31-32,41-42,51,53-55,59-61H,7-11,15-16,18-20H2,(H2,46,49,58)/p+1. The number of benzene rings is 3. The number of aliphatic imine (C=N–C) groups is 2. The summed E-state index contributed by atoms with van der Waals surface area (Å²) in [5, 5.41) is 89.3. The number of quaternary nitrogens is 1. The molecule has 65 heavy (non-hydrogen) atoms. The third-order valence-corrected chi connectivity index (χ3v) is 13.1. The largest absolute Gasteiger partial charge is 0.498 e. The molecule has 3 aromatic carbocycles. The van der Waals surface area contributed by atoms with Crippen molar-refractivity contribution in [3.63, 3.8) is 0 Å². The number of amidine groups is 1. The van der Waals surface area contributed by atoms with Gasteiger partial charge >= 0.3 is 0 Å². The third-order valence-electron chi connectivity index (χ3n) is 13.1. The smallest absolute Gasteiger partial charge is 0.284 e. The first-order valence-corrected chi connectivity index (χ1v) is 21.0. The highest BCUT2D eigenvalue weighted by Crippen LogP contribution is 2.54. The second-order valence-corrected chi connectivity index (χ2v) is 16.8. The van der Waals surface area contributed by atoms with Crippen molar-refractivity contribution in [2.75, 3.05) is 33.1 Å². The first-order chi connectivity index (χ1) is 31.3. The van der Waals surface area contributed by atoms with Crippen molar-refractivity contribution in [2.45, 2.75) is 74.0 Å². The molecule has 0 radical (unpaired) electrons. The van der Waals surface area contributed by atoms with Gasteiger partial charge in [-0.1, -0.05) is 24.3 Å². The predicted molar refractivity (Wildman–Crippen MR) is 223 cm³/mol. The molecule has 2 aliphatic carbocycles. The molecule has 0 aromatic heterocycles. The number of nitrogens with one attached hydrogen (secondary N) is 3. The molecule has 1 amide bonds. The highest BCUT2D eigenvalue weighted by Gasteiger charge is 2.69. The normalized spacial score (nSPS) is 29.5. The van der Waals surface area contributed by atoms with Gasteiger partial charge in [0, 0.05) is 59.3 Å². The van der Waals surface area contributed by atoms with E-state index in [9.17, 15) is 54.9 Å². The van der Waals surface area contributed by atoms with E-state index in [0.29, 0.717) is 33.6 Å². The summed E-state index contributed by atoms with van der Waals surface area (Å²) in [5.41, 5.74) is -3.86. The Balaban J connectivity index is 1.36. The summed E-state index contributed by atoms with van der Waals surface area (Å²) < 4.78 is 25.6. The van der Waals surface area contributed by atoms with Crippen molar-refractivity contribution >= 4 is 47.0 Å². The number of aliphatic hydroxyl groups is 7. The number of amides is 1. The second-order valence-electron chi connectivity index (χ2n) is 16.8. The second kappa shape index (κ2) is 17.1. The Morgan fingerprint density at radius 2 is 1.83 bits per heavy atom. The Morgan fingerprint density at radius 1 is 1.03 bits per heavy atom. The van der Waals surface area contributed by atoms with Crippen molar-refractivity contribution in [1.82, 2.24) is 5.32 Å². The van der Waals surface area contributed by atoms with Gasteiger partial charge < -0.3 is 59.5 Å². The fraction of sp³-hybridized carbons (Fsp3) is 0.400. The van der Waals surface area contributed by atoms with E-state index in [1.54, 1.807) is 24.3 Å². The number of nitrogens with zero attached hydrogens (tertiary/aromatic N) is 2. The fourth-order valence-electron chi connectivity index (χ4n) is 9.84. The number of ether oxygens (including phenoxy) is 4. The third kappa shape index (κ3) is 7.08. The summed E-state index contributed by atoms with van der Waals surface area (Å²) in [6.07, 6.45) is -5.72. The number of fused-ring (bicyclic) bond motifs is 10. The average molecular weight is 897 g/mol. The summed E-state index contributed by atoms with van der Waals surface area (Å²) in [6, 6.07) is 12.5. The number of guanidine groups is 1. The molecular formula is C45H46N5O15+. The summed E-state index contributed by atoms with van der Waals surface area (Å²) in [6.45, 7) is -2.76. The van der Waals surface area contributed by atoms with Crippen LogP contribution in [0.1, 0.15) is 80.1 Å². The van der Waals surface area contributed by atoms with Gasteiger partial charge in [-0.3, -0.25) is 25.1 Å². The topological polar surface area (TPSA) is 312 Å². The SMILES string of the molecule is N=C1N=C2C(=NC[NH+]2c2ccccc2C2C(CCO)=COCC3OC(Oc4c2cc2c(c4OCC(O)CC=O)C(=O)c4cc(CO)ccc4C2=O)C2(O)C(CO)CCC3(O)C2O)C(=O)N1. The van der Waals surface area contributed by atoms with Gasteiger partial charge in [-0.2, -0.15) is 4.99 Å². The Kier molecular flexibility index (Phi) is 11.6. The number of carbonyl (C=O) groups is 4. The van der Waals surface area contributed by atoms with Crippen LogP contribution in [0.2, 0.25) is 0 Å². The van der Waals surface area contributed by atoms with Crippen molar-refractivity contribution < 1.29 is 78.8 Å². The Labute approximate surface area is 369 Å². The molecule has 0 spiro atoms. The fourth-order valence-corrected chi connectivity index (χ4v) is 9.84. The maximum atomic E-state index is 14.9. The lowest BCUT2D eigenvalue weighted by atomic mass is 9.62. The number of rotatable bonds is 11. The monoisotopic (exact) mass is 896 g/mol. The lowest BCUT2D eigenvalue weighted by Crippen LogP contribution is -3.09. The van der Waals surface area contributed by atoms with Crippen LogP contribution in [0, 0.1) is 11.3 Å². The number of carbonyl (C=O) groups excluding carboxylic acids is 4. The van der Waals surface area contributed by atoms with E-state index in [4.69, 9.17) is 24.4 Å². The van der Waals surface area contributed by atoms with Gasteiger partial charge in [-0.05, 0) is 54.7 Å². The molecule has 10 N–H and O–H groups in total. The van der Waals surface area contributed by atoms with Crippen LogP contribution in [0.5, 0.6) is 11.5 Å². The minimum atomic E-state index is -2.55. The predicted octanol–water partition coefficient (Wildman–Crippen LogP) is -1.57. The molecule has 2 fully saturated rings. The number of aldehydes is 1. The summed E-state index contributed by atoms with van der Waals surface area (Å²) in [4.78, 5) is 63.4. The highest BCUT2D eigenvalue weighted by molar-refractivity contribution is 6.68. The molecule has 1 saturated carbocycles. The van der Waals surface area contributed by atoms with Gasteiger partial charge in [0.15, 0.2) is 35.3 Å². The zero-order valence-electron chi connectivity index (χ0n) is 34.6. The van der Waals surface area contributed by atoms with Crippen LogP contribution < -0.4 is 19.7 Å². The first kappa shape index (κ1) is 44.1. The van der Waals surface area contributed by atoms with E-state index >= 15 is 0 Å². The van der Waals surface area contributed by atoms with Crippen LogP contribution in [-0.2, 0) is 25.7 Å². The van der Waals surface area contributed by atoms with Crippen molar-refractivity contribution in [2.24, 2.45) is 15.9 Å². The molecule has 4 bridgehead atoms. The van der Waals surface area contributed by atoms with Crippen molar-refractivity contribution in [3.05, 3.63) is 99.3 Å². The average Bonchev–Trinajstić information content (AvgIpc) is 3.71. The van der Waals surface area contributed by atoms with Gasteiger partial charge in [0.2, 0.25) is 18.0 Å². The molecule has 4 aliphatic heterocycles. The van der Waals surface area contributed by atoms with Crippen LogP contribution in [-0.4, -0.2) is 146 Å². The van der Waals surface area contributed by atoms with Crippen LogP contribution in [0.25, 0.3) is 0 Å². The molecule has 9 unspecified atom stereocenters. The van der Waals surface area contributed by atoms with Crippen LogP contribution in [0.4, 0.5) is 5.69 Å². The maximum Gasteiger partial charge on any atom is 0.284 e. The van der Waals surface area contributed by atoms with E-state index in [1.165, 1.54) is 30.5 Å². The number of aliphatic hydroxyl groups excluding tert-OH is 5. The first-order valence-electron chi connectivity index (χ1n) is 21.0. The summed E-state index contributed by atoms with van der Waals surface area (Å²) >= 11 is 0. The molecule has 1 saturated heterocycles. The molecule has 6 aliphatic rings. The van der Waals surface area contributed by atoms with E-state index in [2.05, 4.69) is 15.3 Å². The van der Waals surface area contributed by atoms with Crippen LogP contribution in [0.15, 0.2) is 70.4 Å². The van der Waals surface area contributed by atoms with E-state index < -0.39 is 116 Å². The number of hydrogen-bond donors (Lipinski definition) is 10. The van der Waals surface area contributed by atoms with Crippen molar-refractivity contribution in [1.29, 1.82) is 5.41 Å². The molecule has 4 heterocycles. The lowest BCUT2D eigenvalue weighted by molar-refractivity contribution is -0.723. The number of para-hydroxylation sites is 1. The molecule has 340 valence electrons. The van der Waals surface area contributed by atoms with Crippen LogP contribution in [0.3, 0.4) is 0 Å². The highest BCUT2D eigenvalue weighted by atomic mass is 16.7. The Bertz CT molecular complexity index is 2610. The van der Waals surface area contributed by atoms with E-state index in [1.807, 2.05) is 0 Å². The number of hydrogen-bond acceptors (Lipinski definition) is 17. The van der Waals surface area contributed by atoms with E-state index in [0.717, 1.165) is 0 Å². The Morgan fingerprint density at radius 3 is 2.58 bits per heavy atom. The quantitative estimate of drug-likeness (QED) is 0.0761. The van der Waals surface area contributed by atoms with Gasteiger partial charge in [0.05, 0.1) is 24.5 Å². The van der Waals surface area contributed by atoms with Gasteiger partial charge in [0.25, 0.3) is 11.7 Å². The van der Waals surface area contributed by atoms with Crippen LogP contribution >= 0.6 is 0 Å². The molecule has 9 rings (SSSR count). The summed E-state index contributed by atoms with van der Waals surface area (Å²) in [7, 11) is 0. The molecule has 20 nitrogen and oxygen atoms in total. The number of ketones is 2. The summed E-state index contributed by atoms with van der Waals surface area (Å²) in [5.74, 6) is -5.49.